The third-order valence-electron chi connectivity index (χ3n) is 33.1. The van der Waals surface area contributed by atoms with Gasteiger partial charge in [-0.1, -0.05) is 273 Å². The molecule has 0 radical (unpaired) electrons. The molecular weight excluding hydrogens is 1300 g/mol. The number of fused-ring (bicyclic) bond motifs is 18. The Balaban J connectivity index is -0.000000548. The highest BCUT2D eigenvalue weighted by molar-refractivity contribution is 5.18. The van der Waals surface area contributed by atoms with Crippen molar-refractivity contribution in [3.63, 3.8) is 0 Å². The molecule has 14 aliphatic rings. The Labute approximate surface area is 662 Å². The monoisotopic (exact) mass is 1490 g/mol. The van der Waals surface area contributed by atoms with E-state index < -0.39 is 17.3 Å². The van der Waals surface area contributed by atoms with Crippen LogP contribution in [0, 0.1) is 203 Å². The normalized spacial score (nSPS) is 41.1. The standard InChI is InChI=1S/C17H28.C16H26.C11H20.C10H18.C9H16O.C6H11F3.C6H11N.C6H14.C5H11F.C5H12.8CH4/c1-10-11(2)14-6-13(10)9-17(14)8-12-5-15(17)16(3,4)7-12;1-9-4-12-5-14(9)16(7-12)8-13-6-15(16)11(3)10(13)2;1-7-8(2)10-5-9(7)6-11(10,3)4;1-6-4-9-5-10(6)8(3)7(9)2;1-5-4-8-6(2)7(3)9(5)10-8;1-4-5(2,3)6(7,8)9;1-4-6(2,3)5-7;1-5-6(2,3)4;1-4-5(2,3)6;1-4-5(2)3;;;;;;;;/h10-15H,5-9H2,1-4H3;9-15H,4-8H2,1-3H3;7-10H,5-6H2,1-4H3;6-10H,4-5H2,1-3H3;5-9H,4H2,1-3H3;4H2,1-3H3;4H2,1-3H3;5H2,1-4H3;4H2,1-3H3;5H,4H2,1-3H3;8*1H4/t;9-,10?,11?,12?,13?,14?,15?,16?;;6-,7?,8?,9?,10?;5-,6?,7?,8?,9?;;;;;;;;;;;;;/m.1.11............./s1. The average Bonchev–Trinajstić information content (AvgIpc) is 1.53. The van der Waals surface area contributed by atoms with Crippen LogP contribution >= 0.6 is 0 Å². The van der Waals surface area contributed by atoms with E-state index in [1.54, 1.807) is 78.1 Å². The number of rotatable bonds is 4. The Bertz CT molecular complexity index is 2360. The van der Waals surface area contributed by atoms with Crippen LogP contribution in [0.3, 0.4) is 0 Å². The van der Waals surface area contributed by atoms with E-state index in [1.807, 2.05) is 27.7 Å². The van der Waals surface area contributed by atoms with E-state index in [0.717, 1.165) is 171 Å². The smallest absolute Gasteiger partial charge is 0.374 e. The molecule has 14 fully saturated rings. The Kier molecular flexibility index (Phi) is 44.7. The van der Waals surface area contributed by atoms with Crippen LogP contribution < -0.4 is 0 Å². The SMILES string of the molecule is C.C.C.C.C.C.C.C.CC1C2CC(C1C)C(C)(C)C2.CC1C2CC(C1C)C1(CC3CC1C(C)(C)C3)C2.CC1C2CC(C1C)C1(CC3CC1[C@H](C)C3)C2.CC1C2CC(C1C)[C@H](C)C2.CC1C2C[C@@H](C)C(O2)C1C.CCC(C)(C)C.CCC(C)(C)C#N.CCC(C)(C)C(F)(F)F.CCC(C)(C)F.CCC(C)C. The fourth-order valence-electron chi connectivity index (χ4n) is 24.0. The highest BCUT2D eigenvalue weighted by atomic mass is 19.4. The molecular formula is C99H199F4NO. The zero-order chi connectivity index (χ0) is 74.2. The maximum atomic E-state index is 12.1. The van der Waals surface area contributed by atoms with Crippen LogP contribution in [0.4, 0.5) is 17.6 Å². The van der Waals surface area contributed by atoms with Gasteiger partial charge in [-0.3, -0.25) is 0 Å². The molecule has 26 unspecified atom stereocenters. The summed E-state index contributed by atoms with van der Waals surface area (Å²) in [5.41, 5.74) is 0.932. The molecule has 2 nitrogen and oxygen atoms in total. The predicted octanol–water partition coefficient (Wildman–Crippen LogP) is 34.1. The van der Waals surface area contributed by atoms with E-state index in [0.29, 0.717) is 34.9 Å². The number of hydrogen-bond donors (Lipinski definition) is 0. The lowest BCUT2D eigenvalue weighted by molar-refractivity contribution is -0.212. The van der Waals surface area contributed by atoms with Gasteiger partial charge in [-0.2, -0.15) is 18.4 Å². The summed E-state index contributed by atoms with van der Waals surface area (Å²) < 4.78 is 53.4. The molecule has 6 heteroatoms. The van der Waals surface area contributed by atoms with Crippen molar-refractivity contribution in [1.29, 1.82) is 5.26 Å². The number of alkyl halides is 4. The zero-order valence-corrected chi connectivity index (χ0v) is 70.7. The van der Waals surface area contributed by atoms with Crippen molar-refractivity contribution in [3.05, 3.63) is 0 Å². The van der Waals surface area contributed by atoms with Gasteiger partial charge < -0.3 is 4.74 Å². The maximum Gasteiger partial charge on any atom is 0.393 e. The van der Waals surface area contributed by atoms with E-state index in [2.05, 4.69) is 172 Å². The van der Waals surface area contributed by atoms with Gasteiger partial charge in [-0.15, -0.1) is 0 Å². The summed E-state index contributed by atoms with van der Waals surface area (Å²) in [7, 11) is 0. The minimum atomic E-state index is -4.05. The van der Waals surface area contributed by atoms with Crippen LogP contribution in [-0.4, -0.2) is 24.1 Å². The van der Waals surface area contributed by atoms with Crippen LogP contribution in [-0.2, 0) is 4.74 Å². The second-order valence-corrected chi connectivity index (χ2v) is 42.7. The van der Waals surface area contributed by atoms with Gasteiger partial charge >= 0.3 is 6.18 Å². The van der Waals surface area contributed by atoms with E-state index in [1.165, 1.54) is 65.7 Å². The number of halogens is 4. The van der Waals surface area contributed by atoms with Crippen molar-refractivity contribution in [2.75, 3.05) is 0 Å². The van der Waals surface area contributed by atoms with Crippen molar-refractivity contribution < 1.29 is 22.3 Å². The molecule has 12 aliphatic carbocycles. The molecule has 0 aromatic rings. The first kappa shape index (κ1) is 111. The molecule has 2 saturated heterocycles. The maximum absolute atomic E-state index is 12.1. The minimum absolute atomic E-state index is 0. The van der Waals surface area contributed by atoms with Gasteiger partial charge in [0.25, 0.3) is 0 Å². The number of nitrogens with zero attached hydrogens (tertiary/aromatic N) is 1. The van der Waals surface area contributed by atoms with Crippen LogP contribution in [0.15, 0.2) is 0 Å². The topological polar surface area (TPSA) is 33.0 Å². The van der Waals surface area contributed by atoms with Crippen molar-refractivity contribution >= 4 is 0 Å². The first-order chi connectivity index (χ1) is 44.3. The first-order valence-corrected chi connectivity index (χ1v) is 42.1. The number of nitriles is 1. The molecule has 14 bridgehead atoms. The van der Waals surface area contributed by atoms with E-state index in [4.69, 9.17) is 10.00 Å². The molecule has 105 heavy (non-hydrogen) atoms. The lowest BCUT2D eigenvalue weighted by atomic mass is 9.53. The van der Waals surface area contributed by atoms with Crippen LogP contribution in [0.2, 0.25) is 0 Å². The Hall–Kier alpha value is -0.830. The van der Waals surface area contributed by atoms with Crippen LogP contribution in [0.1, 0.15) is 416 Å². The number of ether oxygens (including phenoxy) is 1. The van der Waals surface area contributed by atoms with Gasteiger partial charge in [0.15, 0.2) is 0 Å². The molecule has 2 spiro atoms. The summed E-state index contributed by atoms with van der Waals surface area (Å²) >= 11 is 0. The molecule has 0 aromatic heterocycles. The number of hydrogen-bond acceptors (Lipinski definition) is 2. The molecule has 0 aromatic carbocycles. The lowest BCUT2D eigenvalue weighted by Gasteiger charge is -2.51. The fraction of sp³-hybridized carbons (Fsp3) is 0.990. The van der Waals surface area contributed by atoms with Gasteiger partial charge in [-0.05, 0) is 324 Å². The van der Waals surface area contributed by atoms with Gasteiger partial charge in [0.1, 0.15) is 5.67 Å². The summed E-state index contributed by atoms with van der Waals surface area (Å²) in [5.74, 6) is 26.6. The minimum Gasteiger partial charge on any atom is -0.374 e. The van der Waals surface area contributed by atoms with Crippen LogP contribution in [0.25, 0.3) is 0 Å². The molecule has 0 amide bonds. The highest BCUT2D eigenvalue weighted by Crippen LogP contribution is 2.76. The summed E-state index contributed by atoms with van der Waals surface area (Å²) in [6, 6.07) is 2.19. The second-order valence-electron chi connectivity index (χ2n) is 42.7. The fourth-order valence-corrected chi connectivity index (χ4v) is 24.0. The van der Waals surface area contributed by atoms with Crippen molar-refractivity contribution in [2.45, 2.75) is 440 Å². The van der Waals surface area contributed by atoms with E-state index in [-0.39, 0.29) is 71.2 Å². The first-order valence-electron chi connectivity index (χ1n) is 42.1. The molecule has 2 aliphatic heterocycles. The molecule has 14 rings (SSSR count). The summed E-state index contributed by atoms with van der Waals surface area (Å²) in [6.07, 6.45) is 24.7. The molecule has 12 saturated carbocycles. The van der Waals surface area contributed by atoms with E-state index >= 15 is 0 Å². The Morgan fingerprint density at radius 1 is 0.400 bits per heavy atom. The Morgan fingerprint density at radius 3 is 1.08 bits per heavy atom. The highest BCUT2D eigenvalue weighted by Gasteiger charge is 2.69. The quantitative estimate of drug-likeness (QED) is 0.263. The molecule has 634 valence electrons. The van der Waals surface area contributed by atoms with Gasteiger partial charge in [0, 0.05) is 0 Å². The summed E-state index contributed by atoms with van der Waals surface area (Å²) in [4.78, 5) is 0. The molecule has 0 N–H and O–H groups in total. The molecule has 2 heterocycles. The van der Waals surface area contributed by atoms with Crippen LogP contribution in [0.5, 0.6) is 0 Å². The largest absolute Gasteiger partial charge is 0.393 e. The third kappa shape index (κ3) is 25.6. The average molecular weight is 1500 g/mol. The Morgan fingerprint density at radius 2 is 0.819 bits per heavy atom. The van der Waals surface area contributed by atoms with Gasteiger partial charge in [-0.25, -0.2) is 4.39 Å². The second kappa shape index (κ2) is 42.5. The lowest BCUT2D eigenvalue weighted by Crippen LogP contribution is -2.44. The molecule has 29 atom stereocenters. The van der Waals surface area contributed by atoms with E-state index in [9.17, 15) is 17.6 Å². The third-order valence-corrected chi connectivity index (χ3v) is 33.1. The predicted molar refractivity (Wildman–Crippen MR) is 465 cm³/mol. The van der Waals surface area contributed by atoms with Crippen molar-refractivity contribution in [3.8, 4) is 6.07 Å². The summed E-state index contributed by atoms with van der Waals surface area (Å²) in [6.45, 7) is 72.4. The summed E-state index contributed by atoms with van der Waals surface area (Å²) in [5, 5.41) is 8.34. The van der Waals surface area contributed by atoms with Gasteiger partial charge in [0.2, 0.25) is 0 Å². The zero-order valence-electron chi connectivity index (χ0n) is 70.7. The van der Waals surface area contributed by atoms with Gasteiger partial charge in [0.05, 0.1) is 29.1 Å². The van der Waals surface area contributed by atoms with Crippen molar-refractivity contribution in [1.82, 2.24) is 0 Å². The van der Waals surface area contributed by atoms with Crippen molar-refractivity contribution in [2.24, 2.45) is 192 Å².